The Bertz CT molecular complexity index is 122. The first-order valence-corrected chi connectivity index (χ1v) is 4.90. The highest BCUT2D eigenvalue weighted by Crippen LogP contribution is 2.29. The summed E-state index contributed by atoms with van der Waals surface area (Å²) in [5.41, 5.74) is 0.178. The third kappa shape index (κ3) is 10.0. The Morgan fingerprint density at radius 3 is 1.58 bits per heavy atom. The fraction of sp³-hybridized carbons (Fsp3) is 0.900. The van der Waals surface area contributed by atoms with Gasteiger partial charge in [-0.1, -0.05) is 34.6 Å². The molecule has 0 aromatic rings. The highest BCUT2D eigenvalue weighted by molar-refractivity contribution is 7.82. The van der Waals surface area contributed by atoms with E-state index in [0.717, 1.165) is 12.7 Å². The van der Waals surface area contributed by atoms with Gasteiger partial charge in [-0.3, -0.25) is 0 Å². The molecule has 0 spiro atoms. The van der Waals surface area contributed by atoms with Gasteiger partial charge < -0.3 is 4.79 Å². The molecule has 0 rings (SSSR count). The quantitative estimate of drug-likeness (QED) is 0.522. The molecule has 74 valence electrons. The van der Waals surface area contributed by atoms with Crippen LogP contribution >= 0.6 is 12.6 Å². The van der Waals surface area contributed by atoms with Gasteiger partial charge in [0.2, 0.25) is 0 Å². The molecule has 1 unspecified atom stereocenters. The molecule has 12 heavy (non-hydrogen) atoms. The average molecular weight is 190 g/mol. The van der Waals surface area contributed by atoms with Crippen molar-refractivity contribution < 1.29 is 4.79 Å². The molecule has 0 aliphatic carbocycles. The lowest BCUT2D eigenvalue weighted by Crippen LogP contribution is -2.25. The van der Waals surface area contributed by atoms with E-state index >= 15 is 0 Å². The van der Waals surface area contributed by atoms with E-state index in [1.165, 1.54) is 0 Å². The molecular weight excluding hydrogens is 168 g/mol. The van der Waals surface area contributed by atoms with E-state index in [2.05, 4.69) is 33.4 Å². The van der Waals surface area contributed by atoms with Crippen molar-refractivity contribution in [1.29, 1.82) is 0 Å². The lowest BCUT2D eigenvalue weighted by Gasteiger charge is -2.26. The van der Waals surface area contributed by atoms with Crippen molar-refractivity contribution >= 4 is 18.9 Å². The smallest absolute Gasteiger partial charge is 0.135 e. The van der Waals surface area contributed by atoms with E-state index in [9.17, 15) is 4.79 Å². The average Bonchev–Trinajstić information content (AvgIpc) is 1.88. The number of hydrogen-bond acceptors (Lipinski definition) is 2. The van der Waals surface area contributed by atoms with Gasteiger partial charge in [-0.05, 0) is 18.8 Å². The van der Waals surface area contributed by atoms with E-state index in [-0.39, 0.29) is 5.41 Å². The molecule has 0 saturated heterocycles. The van der Waals surface area contributed by atoms with Gasteiger partial charge in [0.25, 0.3) is 0 Å². The second kappa shape index (κ2) is 5.63. The highest BCUT2D eigenvalue weighted by atomic mass is 32.1. The second-order valence-electron chi connectivity index (χ2n) is 4.21. The molecule has 1 nitrogen and oxygen atoms in total. The summed E-state index contributed by atoms with van der Waals surface area (Å²) in [6.07, 6.45) is 1.72. The Kier molecular flexibility index (Phi) is 6.82. The van der Waals surface area contributed by atoms with Crippen LogP contribution in [0.4, 0.5) is 0 Å². The first kappa shape index (κ1) is 14.5. The van der Waals surface area contributed by atoms with Crippen LogP contribution in [0.2, 0.25) is 0 Å². The van der Waals surface area contributed by atoms with Crippen LogP contribution in [0.3, 0.4) is 0 Å². The van der Waals surface area contributed by atoms with Crippen LogP contribution in [-0.4, -0.2) is 11.0 Å². The third-order valence-corrected chi connectivity index (χ3v) is 1.41. The van der Waals surface area contributed by atoms with Crippen LogP contribution in [-0.2, 0) is 4.79 Å². The first-order valence-electron chi connectivity index (χ1n) is 4.46. The van der Waals surface area contributed by atoms with E-state index in [4.69, 9.17) is 0 Å². The van der Waals surface area contributed by atoms with Gasteiger partial charge in [0, 0.05) is 0 Å². The number of rotatable bonds is 2. The van der Waals surface area contributed by atoms with Crippen LogP contribution in [0.1, 0.15) is 48.0 Å². The molecule has 0 amide bonds. The summed E-state index contributed by atoms with van der Waals surface area (Å²) >= 11 is 4.21. The molecule has 0 N–H and O–H groups in total. The number of carbonyl (C=O) groups excluding carboxylic acids is 1. The predicted molar refractivity (Wildman–Crippen MR) is 58.9 cm³/mol. The van der Waals surface area contributed by atoms with Gasteiger partial charge in [-0.2, -0.15) is 12.6 Å². The third-order valence-electron chi connectivity index (χ3n) is 1.14. The number of aldehydes is 1. The molecule has 0 aromatic heterocycles. The highest BCUT2D eigenvalue weighted by Gasteiger charge is 2.25. The van der Waals surface area contributed by atoms with E-state index < -0.39 is 4.75 Å². The lowest BCUT2D eigenvalue weighted by atomic mass is 9.85. The summed E-state index contributed by atoms with van der Waals surface area (Å²) in [7, 11) is 0. The zero-order valence-corrected chi connectivity index (χ0v) is 10.0. The maximum Gasteiger partial charge on any atom is 0.135 e. The summed E-state index contributed by atoms with van der Waals surface area (Å²) in [6.45, 7) is 12.1. The predicted octanol–water partition coefficient (Wildman–Crippen LogP) is 3.34. The van der Waals surface area contributed by atoms with Crippen LogP contribution in [0, 0.1) is 5.41 Å². The summed E-state index contributed by atoms with van der Waals surface area (Å²) in [5, 5.41) is 0. The summed E-state index contributed by atoms with van der Waals surface area (Å²) in [6, 6.07) is 0. The first-order chi connectivity index (χ1) is 5.27. The maximum absolute atomic E-state index is 10.4. The second-order valence-corrected chi connectivity index (χ2v) is 5.23. The van der Waals surface area contributed by atoms with Crippen LogP contribution < -0.4 is 0 Å². The molecule has 0 aromatic carbocycles. The fourth-order valence-corrected chi connectivity index (χ4v) is 1.59. The maximum atomic E-state index is 10.4. The summed E-state index contributed by atoms with van der Waals surface area (Å²) in [4.78, 5) is 10.4. The van der Waals surface area contributed by atoms with Crippen molar-refractivity contribution in [1.82, 2.24) is 0 Å². The largest absolute Gasteiger partial charge is 0.302 e. The standard InChI is InChI=1S/C8H16OS.C2H6/c1-7(2,3)5-8(4,10)6-9;1-2/h6,10H,5H2,1-4H3;1-2H3. The van der Waals surface area contributed by atoms with Gasteiger partial charge in [0.15, 0.2) is 0 Å². The SMILES string of the molecule is CC.CC(C)(C)CC(C)(S)C=O. The molecular formula is C10H22OS. The lowest BCUT2D eigenvalue weighted by molar-refractivity contribution is -0.110. The minimum atomic E-state index is -0.460. The minimum Gasteiger partial charge on any atom is -0.302 e. The Balaban J connectivity index is 0. The molecule has 2 heteroatoms. The topological polar surface area (TPSA) is 17.1 Å². The zero-order chi connectivity index (χ0) is 10.4. The van der Waals surface area contributed by atoms with Gasteiger partial charge >= 0.3 is 0 Å². The Morgan fingerprint density at radius 2 is 1.50 bits per heavy atom. The van der Waals surface area contributed by atoms with Crippen molar-refractivity contribution in [3.05, 3.63) is 0 Å². The molecule has 0 aliphatic heterocycles. The molecule has 0 saturated carbocycles. The van der Waals surface area contributed by atoms with Crippen LogP contribution in [0.15, 0.2) is 0 Å². The number of hydrogen-bond donors (Lipinski definition) is 1. The summed E-state index contributed by atoms with van der Waals surface area (Å²) in [5.74, 6) is 0. The van der Waals surface area contributed by atoms with Gasteiger partial charge in [0.1, 0.15) is 6.29 Å². The number of thiol groups is 1. The Morgan fingerprint density at radius 1 is 1.17 bits per heavy atom. The van der Waals surface area contributed by atoms with E-state index in [0.29, 0.717) is 0 Å². The van der Waals surface area contributed by atoms with E-state index in [1.807, 2.05) is 20.8 Å². The Labute approximate surface area is 82.3 Å². The molecule has 0 heterocycles. The van der Waals surface area contributed by atoms with E-state index in [1.54, 1.807) is 0 Å². The number of carbonyl (C=O) groups is 1. The molecule has 1 atom stereocenters. The molecule has 0 radical (unpaired) electrons. The molecule has 0 aliphatic rings. The normalized spacial score (nSPS) is 15.6. The van der Waals surface area contributed by atoms with Gasteiger partial charge in [-0.25, -0.2) is 0 Å². The van der Waals surface area contributed by atoms with Gasteiger partial charge in [0.05, 0.1) is 4.75 Å². The van der Waals surface area contributed by atoms with Crippen molar-refractivity contribution in [3.63, 3.8) is 0 Å². The fourth-order valence-electron chi connectivity index (χ4n) is 1.12. The van der Waals surface area contributed by atoms with Crippen molar-refractivity contribution in [2.24, 2.45) is 5.41 Å². The summed E-state index contributed by atoms with van der Waals surface area (Å²) < 4.78 is -0.460. The Hall–Kier alpha value is 0.0200. The zero-order valence-electron chi connectivity index (χ0n) is 9.14. The van der Waals surface area contributed by atoms with Crippen molar-refractivity contribution in [2.45, 2.75) is 52.7 Å². The van der Waals surface area contributed by atoms with Gasteiger partial charge in [-0.15, -0.1) is 0 Å². The van der Waals surface area contributed by atoms with Crippen LogP contribution in [0.25, 0.3) is 0 Å². The van der Waals surface area contributed by atoms with Crippen LogP contribution in [0.5, 0.6) is 0 Å². The van der Waals surface area contributed by atoms with Crippen molar-refractivity contribution in [3.8, 4) is 0 Å². The molecule has 0 fully saturated rings. The monoisotopic (exact) mass is 190 g/mol. The minimum absolute atomic E-state index is 0.178. The molecule has 0 bridgehead atoms. The van der Waals surface area contributed by atoms with Crippen molar-refractivity contribution in [2.75, 3.05) is 0 Å².